The highest BCUT2D eigenvalue weighted by Gasteiger charge is 2.42. The summed E-state index contributed by atoms with van der Waals surface area (Å²) in [5.74, 6) is 2.99. The Morgan fingerprint density at radius 3 is 3.05 bits per heavy atom. The Hall–Kier alpha value is -1.53. The second kappa shape index (κ2) is 4.79. The smallest absolute Gasteiger partial charge is 0.195 e. The van der Waals surface area contributed by atoms with E-state index in [2.05, 4.69) is 22.5 Å². The lowest BCUT2D eigenvalue weighted by Crippen LogP contribution is -2.46. The fourth-order valence-electron chi connectivity index (χ4n) is 3.27. The van der Waals surface area contributed by atoms with Crippen LogP contribution in [-0.2, 0) is 18.5 Å². The van der Waals surface area contributed by atoms with Crippen LogP contribution < -0.4 is 22.1 Å². The van der Waals surface area contributed by atoms with Crippen molar-refractivity contribution in [3.63, 3.8) is 0 Å². The molecule has 6 heteroatoms. The molecular weight excluding hydrogens is 254 g/mol. The molecule has 1 aromatic heterocycles. The molecule has 0 amide bonds. The maximum absolute atomic E-state index is 6.14. The van der Waals surface area contributed by atoms with Crippen molar-refractivity contribution in [2.75, 3.05) is 18.9 Å². The predicted molar refractivity (Wildman–Crippen MR) is 79.6 cm³/mol. The Morgan fingerprint density at radius 1 is 1.55 bits per heavy atom. The van der Waals surface area contributed by atoms with Crippen molar-refractivity contribution in [3.8, 4) is 0 Å². The van der Waals surface area contributed by atoms with E-state index in [9.17, 15) is 0 Å². The quantitative estimate of drug-likeness (QED) is 0.656. The van der Waals surface area contributed by atoms with Gasteiger partial charge >= 0.3 is 0 Å². The van der Waals surface area contributed by atoms with Crippen molar-refractivity contribution in [1.29, 1.82) is 0 Å². The zero-order chi connectivity index (χ0) is 14.3. The van der Waals surface area contributed by atoms with Crippen LogP contribution in [0.25, 0.3) is 0 Å². The number of anilines is 1. The summed E-state index contributed by atoms with van der Waals surface area (Å²) >= 11 is 0. The van der Waals surface area contributed by atoms with Crippen LogP contribution in [0.3, 0.4) is 0 Å². The molecule has 0 saturated carbocycles. The third-order valence-electron chi connectivity index (χ3n) is 4.37. The average molecular weight is 277 g/mol. The first-order chi connectivity index (χ1) is 9.59. The van der Waals surface area contributed by atoms with Crippen LogP contribution in [-0.4, -0.2) is 19.6 Å². The van der Waals surface area contributed by atoms with E-state index in [1.54, 1.807) is 0 Å². The number of hydrogen-bond acceptors (Lipinski definition) is 6. The van der Waals surface area contributed by atoms with Gasteiger partial charge in [0.25, 0.3) is 0 Å². The lowest BCUT2D eigenvalue weighted by atomic mass is 9.87. The Bertz CT molecular complexity index is 550. The first-order valence-electron chi connectivity index (χ1n) is 7.26. The number of nitrogens with one attached hydrogen (secondary N) is 2. The van der Waals surface area contributed by atoms with E-state index < -0.39 is 5.66 Å². The normalized spacial score (nSPS) is 28.4. The van der Waals surface area contributed by atoms with Gasteiger partial charge in [0, 0.05) is 18.4 Å². The van der Waals surface area contributed by atoms with Crippen LogP contribution in [0.15, 0.2) is 9.41 Å². The molecule has 0 spiro atoms. The number of hydrogen-bond donors (Lipinski definition) is 4. The van der Waals surface area contributed by atoms with E-state index >= 15 is 0 Å². The summed E-state index contributed by atoms with van der Waals surface area (Å²) < 4.78 is 6.14. The largest absolute Gasteiger partial charge is 0.459 e. The molecule has 2 heterocycles. The van der Waals surface area contributed by atoms with Crippen LogP contribution >= 0.6 is 0 Å². The Balaban J connectivity index is 2.12. The highest BCUT2D eigenvalue weighted by molar-refractivity contribution is 5.96. The zero-order valence-electron chi connectivity index (χ0n) is 12.1. The molecule has 1 aliphatic heterocycles. The highest BCUT2D eigenvalue weighted by Crippen LogP contribution is 2.43. The van der Waals surface area contributed by atoms with Gasteiger partial charge in [-0.05, 0) is 32.4 Å². The van der Waals surface area contributed by atoms with Crippen LogP contribution in [0, 0.1) is 5.92 Å². The molecule has 20 heavy (non-hydrogen) atoms. The molecule has 0 radical (unpaired) electrons. The number of aryl methyl sites for hydroxylation is 1. The summed E-state index contributed by atoms with van der Waals surface area (Å²) in [4.78, 5) is 4.52. The van der Waals surface area contributed by atoms with Gasteiger partial charge in [0.2, 0.25) is 0 Å². The Kier molecular flexibility index (Phi) is 3.22. The minimum Gasteiger partial charge on any atom is -0.459 e. The molecule has 2 unspecified atom stereocenters. The molecule has 0 fully saturated rings. The number of rotatable bonds is 3. The summed E-state index contributed by atoms with van der Waals surface area (Å²) in [5.41, 5.74) is 13.3. The second-order valence-corrected chi connectivity index (χ2v) is 5.83. The molecule has 1 aliphatic carbocycles. The number of furan rings is 1. The molecule has 110 valence electrons. The number of nitrogens with two attached hydrogens (primary N) is 2. The van der Waals surface area contributed by atoms with Gasteiger partial charge in [0.1, 0.15) is 5.76 Å². The lowest BCUT2D eigenvalue weighted by molar-refractivity contribution is 0.272. The van der Waals surface area contributed by atoms with E-state index in [4.69, 9.17) is 15.9 Å². The Labute approximate surface area is 119 Å². The van der Waals surface area contributed by atoms with Gasteiger partial charge < -0.3 is 21.2 Å². The van der Waals surface area contributed by atoms with Crippen molar-refractivity contribution in [1.82, 2.24) is 5.32 Å². The van der Waals surface area contributed by atoms with Gasteiger partial charge in [-0.3, -0.25) is 5.32 Å². The molecule has 1 aromatic rings. The number of guanidine groups is 1. The molecule has 6 N–H and O–H groups in total. The van der Waals surface area contributed by atoms with Crippen molar-refractivity contribution in [2.24, 2.45) is 22.4 Å². The van der Waals surface area contributed by atoms with Gasteiger partial charge in [-0.1, -0.05) is 6.92 Å². The van der Waals surface area contributed by atoms with Crippen LogP contribution in [0.5, 0.6) is 0 Å². The predicted octanol–water partition coefficient (Wildman–Crippen LogP) is 0.866. The summed E-state index contributed by atoms with van der Waals surface area (Å²) in [6.45, 7) is 2.78. The summed E-state index contributed by atoms with van der Waals surface area (Å²) in [6, 6.07) is 0. The van der Waals surface area contributed by atoms with Gasteiger partial charge in [-0.15, -0.1) is 0 Å². The van der Waals surface area contributed by atoms with E-state index in [1.165, 1.54) is 12.0 Å². The molecule has 0 bridgehead atoms. The summed E-state index contributed by atoms with van der Waals surface area (Å²) in [7, 11) is 1.87. The average Bonchev–Trinajstić information content (AvgIpc) is 2.78. The third-order valence-corrected chi connectivity index (χ3v) is 4.37. The second-order valence-electron chi connectivity index (χ2n) is 5.83. The fraction of sp³-hybridized carbons (Fsp3) is 0.643. The van der Waals surface area contributed by atoms with Crippen LogP contribution in [0.4, 0.5) is 5.69 Å². The van der Waals surface area contributed by atoms with Crippen molar-refractivity contribution in [2.45, 2.75) is 38.3 Å². The Morgan fingerprint density at radius 2 is 2.35 bits per heavy atom. The van der Waals surface area contributed by atoms with Crippen molar-refractivity contribution in [3.05, 3.63) is 17.1 Å². The van der Waals surface area contributed by atoms with Gasteiger partial charge in [-0.2, -0.15) is 0 Å². The van der Waals surface area contributed by atoms with E-state index in [0.717, 1.165) is 30.0 Å². The molecule has 3 rings (SSSR count). The molecule has 0 aromatic carbocycles. The SMILES string of the molecule is CNC1(CCN)N=C(N)Nc2c1oc1c2CC(C)CC1. The molecule has 2 atom stereocenters. The number of fused-ring (bicyclic) bond motifs is 3. The lowest BCUT2D eigenvalue weighted by Gasteiger charge is -2.32. The first kappa shape index (κ1) is 13.5. The summed E-state index contributed by atoms with van der Waals surface area (Å²) in [5, 5.41) is 6.43. The van der Waals surface area contributed by atoms with E-state index in [1.807, 2.05) is 7.05 Å². The topological polar surface area (TPSA) is 102 Å². The zero-order valence-corrected chi connectivity index (χ0v) is 12.1. The highest BCUT2D eigenvalue weighted by atomic mass is 16.3. The van der Waals surface area contributed by atoms with Crippen LogP contribution in [0.2, 0.25) is 0 Å². The fourth-order valence-corrected chi connectivity index (χ4v) is 3.27. The minimum atomic E-state index is -0.639. The van der Waals surface area contributed by atoms with Gasteiger partial charge in [0.05, 0.1) is 5.69 Å². The number of nitrogens with zero attached hydrogens (tertiary/aromatic N) is 1. The van der Waals surface area contributed by atoms with E-state index in [-0.39, 0.29) is 0 Å². The van der Waals surface area contributed by atoms with Gasteiger partial charge in [0.15, 0.2) is 17.4 Å². The maximum Gasteiger partial charge on any atom is 0.195 e. The van der Waals surface area contributed by atoms with Gasteiger partial charge in [-0.25, -0.2) is 4.99 Å². The third kappa shape index (κ3) is 1.91. The summed E-state index contributed by atoms with van der Waals surface area (Å²) in [6.07, 6.45) is 3.82. The minimum absolute atomic E-state index is 0.419. The van der Waals surface area contributed by atoms with E-state index in [0.29, 0.717) is 24.8 Å². The molecule has 6 nitrogen and oxygen atoms in total. The number of aliphatic imine (C=N–C) groups is 1. The maximum atomic E-state index is 6.14. The standard InChI is InChI=1S/C14H23N5O/c1-8-3-4-10-9(7-8)11-12(20-10)14(17-2,5-6-15)19-13(16)18-11/h8,17H,3-7,15H2,1-2H3,(H3,16,18,19). The molecular formula is C14H23N5O. The monoisotopic (exact) mass is 277 g/mol. The molecule has 2 aliphatic rings. The van der Waals surface area contributed by atoms with Crippen molar-refractivity contribution < 1.29 is 4.42 Å². The first-order valence-corrected chi connectivity index (χ1v) is 7.26. The van der Waals surface area contributed by atoms with Crippen LogP contribution in [0.1, 0.15) is 36.8 Å². The van der Waals surface area contributed by atoms with Crippen molar-refractivity contribution >= 4 is 11.6 Å². The molecule has 0 saturated heterocycles.